The Kier molecular flexibility index (Phi) is 7.56. The molecule has 0 atom stereocenters. The van der Waals surface area contributed by atoms with E-state index in [1.54, 1.807) is 12.1 Å². The number of piperidine rings is 1. The van der Waals surface area contributed by atoms with Gasteiger partial charge in [-0.3, -0.25) is 9.59 Å². The Labute approximate surface area is 154 Å². The van der Waals surface area contributed by atoms with Crippen LogP contribution in [-0.2, 0) is 9.59 Å². The average molecular weight is 367 g/mol. The predicted molar refractivity (Wildman–Crippen MR) is 98.8 cm³/mol. The molecule has 2 rings (SSSR count). The minimum Gasteiger partial charge on any atom is -0.482 e. The highest BCUT2D eigenvalue weighted by molar-refractivity contribution is 6.32. The molecule has 1 N–H and O–H groups in total. The van der Waals surface area contributed by atoms with E-state index in [1.165, 1.54) is 0 Å². The van der Waals surface area contributed by atoms with E-state index >= 15 is 0 Å². The highest BCUT2D eigenvalue weighted by Crippen LogP contribution is 2.23. The Morgan fingerprint density at radius 1 is 1.24 bits per heavy atom. The van der Waals surface area contributed by atoms with Crippen LogP contribution in [0.15, 0.2) is 24.3 Å². The molecule has 1 aromatic rings. The molecule has 1 aromatic carbocycles. The molecule has 25 heavy (non-hydrogen) atoms. The molecule has 0 unspecified atom stereocenters. The van der Waals surface area contributed by atoms with E-state index in [0.717, 1.165) is 25.7 Å². The van der Waals surface area contributed by atoms with Crippen LogP contribution in [0.5, 0.6) is 5.75 Å². The van der Waals surface area contributed by atoms with Crippen molar-refractivity contribution < 1.29 is 14.3 Å². The molecule has 0 radical (unpaired) electrons. The van der Waals surface area contributed by atoms with Crippen LogP contribution in [0.25, 0.3) is 0 Å². The first-order chi connectivity index (χ1) is 12.0. The molecule has 6 heteroatoms. The summed E-state index contributed by atoms with van der Waals surface area (Å²) in [6.07, 6.45) is 3.32. The number of carbonyl (C=O) groups excluding carboxylic acids is 2. The Morgan fingerprint density at radius 3 is 2.48 bits per heavy atom. The quantitative estimate of drug-likeness (QED) is 0.805. The molecule has 0 spiro atoms. The molecule has 1 heterocycles. The van der Waals surface area contributed by atoms with Gasteiger partial charge in [0.1, 0.15) is 5.75 Å². The van der Waals surface area contributed by atoms with Gasteiger partial charge in [-0.1, -0.05) is 37.6 Å². The lowest BCUT2D eigenvalue weighted by Crippen LogP contribution is -2.48. The number of hydrogen-bond donors (Lipinski definition) is 1. The van der Waals surface area contributed by atoms with Crippen LogP contribution in [0.2, 0.25) is 5.02 Å². The maximum Gasteiger partial charge on any atom is 0.258 e. The van der Waals surface area contributed by atoms with Crippen molar-refractivity contribution in [3.63, 3.8) is 0 Å². The largest absolute Gasteiger partial charge is 0.482 e. The maximum atomic E-state index is 12.4. The first-order valence-corrected chi connectivity index (χ1v) is 9.38. The van der Waals surface area contributed by atoms with Crippen LogP contribution in [0, 0.1) is 5.92 Å². The average Bonchev–Trinajstić information content (AvgIpc) is 2.62. The zero-order chi connectivity index (χ0) is 18.2. The van der Waals surface area contributed by atoms with Crippen molar-refractivity contribution in [1.82, 2.24) is 10.2 Å². The van der Waals surface area contributed by atoms with Crippen LogP contribution in [0.1, 0.15) is 39.5 Å². The van der Waals surface area contributed by atoms with Crippen molar-refractivity contribution >= 4 is 23.4 Å². The Morgan fingerprint density at radius 2 is 1.88 bits per heavy atom. The van der Waals surface area contributed by atoms with E-state index in [1.807, 2.05) is 17.0 Å². The second-order valence-corrected chi connectivity index (χ2v) is 6.81. The third kappa shape index (κ3) is 5.63. The summed E-state index contributed by atoms with van der Waals surface area (Å²) in [5.74, 6) is 0.710. The Hall–Kier alpha value is -1.75. The monoisotopic (exact) mass is 366 g/mol. The van der Waals surface area contributed by atoms with Crippen molar-refractivity contribution in [2.75, 3.05) is 19.7 Å². The fourth-order valence-corrected chi connectivity index (χ4v) is 3.31. The van der Waals surface area contributed by atoms with E-state index in [-0.39, 0.29) is 30.4 Å². The van der Waals surface area contributed by atoms with Crippen molar-refractivity contribution in [3.8, 4) is 5.75 Å². The molecular weight excluding hydrogens is 340 g/mol. The molecule has 2 amide bonds. The number of ether oxygens (including phenoxy) is 1. The number of nitrogens with zero attached hydrogens (tertiary/aromatic N) is 1. The normalized spacial score (nSPS) is 15.3. The van der Waals surface area contributed by atoms with Gasteiger partial charge in [-0.15, -0.1) is 0 Å². The molecule has 1 fully saturated rings. The molecule has 138 valence electrons. The summed E-state index contributed by atoms with van der Waals surface area (Å²) in [5, 5.41) is 3.47. The molecule has 1 aliphatic rings. The number of nitrogens with one attached hydrogen (secondary N) is 1. The fraction of sp³-hybridized carbons (Fsp3) is 0.579. The van der Waals surface area contributed by atoms with Crippen LogP contribution >= 0.6 is 11.6 Å². The van der Waals surface area contributed by atoms with Gasteiger partial charge in [0.15, 0.2) is 6.61 Å². The van der Waals surface area contributed by atoms with Gasteiger partial charge >= 0.3 is 0 Å². The van der Waals surface area contributed by atoms with Crippen LogP contribution in [0.4, 0.5) is 0 Å². The van der Waals surface area contributed by atoms with Crippen molar-refractivity contribution in [3.05, 3.63) is 29.3 Å². The number of amides is 2. The summed E-state index contributed by atoms with van der Waals surface area (Å²) in [7, 11) is 0. The first-order valence-electron chi connectivity index (χ1n) is 9.00. The van der Waals surface area contributed by atoms with E-state index in [2.05, 4.69) is 19.2 Å². The summed E-state index contributed by atoms with van der Waals surface area (Å²) in [6.45, 7) is 5.45. The second kappa shape index (κ2) is 9.66. The van der Waals surface area contributed by atoms with Crippen LogP contribution in [-0.4, -0.2) is 42.5 Å². The highest BCUT2D eigenvalue weighted by atomic mass is 35.5. The summed E-state index contributed by atoms with van der Waals surface area (Å²) < 4.78 is 5.45. The molecule has 0 aliphatic carbocycles. The maximum absolute atomic E-state index is 12.4. The second-order valence-electron chi connectivity index (χ2n) is 6.40. The summed E-state index contributed by atoms with van der Waals surface area (Å²) in [5.41, 5.74) is 0. The summed E-state index contributed by atoms with van der Waals surface area (Å²) in [6, 6.07) is 7.17. The number of rotatable bonds is 7. The van der Waals surface area contributed by atoms with Crippen molar-refractivity contribution in [2.45, 2.75) is 45.6 Å². The third-order valence-corrected chi connectivity index (χ3v) is 5.01. The number of benzene rings is 1. The lowest BCUT2D eigenvalue weighted by Gasteiger charge is -2.34. The molecule has 1 saturated heterocycles. The first kappa shape index (κ1) is 19.6. The van der Waals surface area contributed by atoms with Gasteiger partial charge in [0.2, 0.25) is 5.91 Å². The number of halogens is 1. The van der Waals surface area contributed by atoms with E-state index in [0.29, 0.717) is 23.9 Å². The van der Waals surface area contributed by atoms with E-state index in [9.17, 15) is 9.59 Å². The summed E-state index contributed by atoms with van der Waals surface area (Å²) >= 11 is 6.00. The van der Waals surface area contributed by atoms with Gasteiger partial charge in [0.05, 0.1) is 5.02 Å². The van der Waals surface area contributed by atoms with Gasteiger partial charge in [0.25, 0.3) is 5.91 Å². The lowest BCUT2D eigenvalue weighted by atomic mass is 9.98. The zero-order valence-electron chi connectivity index (χ0n) is 15.0. The topological polar surface area (TPSA) is 58.6 Å². The molecule has 0 aromatic heterocycles. The Bertz CT molecular complexity index is 582. The minimum absolute atomic E-state index is 0.0589. The third-order valence-electron chi connectivity index (χ3n) is 4.70. The van der Waals surface area contributed by atoms with Crippen LogP contribution < -0.4 is 10.1 Å². The smallest absolute Gasteiger partial charge is 0.258 e. The van der Waals surface area contributed by atoms with Gasteiger partial charge in [0, 0.05) is 25.0 Å². The molecular formula is C19H27ClN2O3. The predicted octanol–water partition coefficient (Wildman–Crippen LogP) is 3.26. The van der Waals surface area contributed by atoms with E-state index in [4.69, 9.17) is 16.3 Å². The molecule has 0 saturated carbocycles. The van der Waals surface area contributed by atoms with Crippen molar-refractivity contribution in [2.24, 2.45) is 5.92 Å². The summed E-state index contributed by atoms with van der Waals surface area (Å²) in [4.78, 5) is 26.4. The molecule has 0 bridgehead atoms. The minimum atomic E-state index is -0.162. The number of hydrogen-bond acceptors (Lipinski definition) is 3. The SMILES string of the molecule is CCC(CC)C(=O)N1CCC(NC(=O)COc2ccccc2Cl)CC1. The number of likely N-dealkylation sites (tertiary alicyclic amines) is 1. The highest BCUT2D eigenvalue weighted by Gasteiger charge is 2.27. The zero-order valence-corrected chi connectivity index (χ0v) is 15.7. The fourth-order valence-electron chi connectivity index (χ4n) is 3.11. The lowest BCUT2D eigenvalue weighted by molar-refractivity contribution is -0.137. The number of carbonyl (C=O) groups is 2. The Balaban J connectivity index is 1.73. The van der Waals surface area contributed by atoms with Gasteiger partial charge < -0.3 is 15.0 Å². The molecule has 5 nitrogen and oxygen atoms in total. The van der Waals surface area contributed by atoms with Crippen LogP contribution in [0.3, 0.4) is 0 Å². The standard InChI is InChI=1S/C19H27ClN2O3/c1-3-14(4-2)19(24)22-11-9-15(10-12-22)21-18(23)13-25-17-8-6-5-7-16(17)20/h5-8,14-15H,3-4,9-13H2,1-2H3,(H,21,23). The van der Waals surface area contributed by atoms with Gasteiger partial charge in [-0.2, -0.15) is 0 Å². The van der Waals surface area contributed by atoms with Gasteiger partial charge in [-0.25, -0.2) is 0 Å². The van der Waals surface area contributed by atoms with E-state index < -0.39 is 0 Å². The van der Waals surface area contributed by atoms with Crippen molar-refractivity contribution in [1.29, 1.82) is 0 Å². The number of para-hydroxylation sites is 1. The molecule has 1 aliphatic heterocycles. The van der Waals surface area contributed by atoms with Gasteiger partial charge in [-0.05, 0) is 37.8 Å².